The van der Waals surface area contributed by atoms with Crippen molar-refractivity contribution in [3.8, 4) is 0 Å². The lowest BCUT2D eigenvalue weighted by molar-refractivity contribution is -0.0217. The molecule has 0 saturated carbocycles. The molecule has 1 aromatic carbocycles. The predicted octanol–water partition coefficient (Wildman–Crippen LogP) is -1.19. The quantitative estimate of drug-likeness (QED) is 0.197. The number of nitrogens with one attached hydrogen (secondary N) is 1. The average Bonchev–Trinajstić information content (AvgIpc) is 3.23. The highest BCUT2D eigenvalue weighted by Gasteiger charge is 2.50. The Morgan fingerprint density at radius 3 is 2.51 bits per heavy atom. The molecule has 2 aromatic rings. The van der Waals surface area contributed by atoms with Crippen molar-refractivity contribution in [1.29, 1.82) is 0 Å². The molecule has 2 aliphatic rings. The number of benzene rings is 1. The molecule has 192 valence electrons. The molecule has 1 fully saturated rings. The van der Waals surface area contributed by atoms with Crippen LogP contribution in [0.4, 0.5) is 17.5 Å². The Balaban J connectivity index is 1.55. The number of phosphoric acid groups is 2. The number of aromatic amines is 1. The van der Waals surface area contributed by atoms with Gasteiger partial charge in [-0.25, -0.2) is 9.13 Å². The molecule has 3 heterocycles. The first-order valence-electron chi connectivity index (χ1n) is 10.1. The highest BCUT2D eigenvalue weighted by atomic mass is 31.3. The molecule has 35 heavy (non-hydrogen) atoms. The number of nitrogens with zero attached hydrogens (tertiary/aromatic N) is 3. The lowest BCUT2D eigenvalue weighted by Crippen LogP contribution is -2.46. The largest absolute Gasteiger partial charge is 0.481 e. The molecule has 18 heteroatoms. The van der Waals surface area contributed by atoms with Crippen molar-refractivity contribution >= 4 is 33.1 Å². The molecule has 2 aliphatic heterocycles. The molecule has 0 bridgehead atoms. The van der Waals surface area contributed by atoms with Gasteiger partial charge in [0.25, 0.3) is 5.56 Å². The summed E-state index contributed by atoms with van der Waals surface area (Å²) in [7, 11) is -10.5. The van der Waals surface area contributed by atoms with Crippen LogP contribution in [0.2, 0.25) is 0 Å². The van der Waals surface area contributed by atoms with Gasteiger partial charge in [-0.1, -0.05) is 30.3 Å². The first-order valence-corrected chi connectivity index (χ1v) is 13.1. The molecule has 16 nitrogen and oxygen atoms in total. The minimum atomic E-state index is -5.34. The number of aliphatic hydroxyl groups excluding tert-OH is 2. The van der Waals surface area contributed by atoms with Crippen LogP contribution in [-0.4, -0.2) is 72.7 Å². The highest BCUT2D eigenvalue weighted by Crippen LogP contribution is 2.57. The fraction of sp³-hybridized carbons (Fsp3) is 0.412. The first kappa shape index (κ1) is 25.7. The van der Waals surface area contributed by atoms with Gasteiger partial charge in [-0.3, -0.25) is 14.3 Å². The van der Waals surface area contributed by atoms with E-state index in [9.17, 15) is 29.0 Å². The lowest BCUT2D eigenvalue weighted by Gasteiger charge is -2.28. The number of hydrogen-bond donors (Lipinski definition) is 7. The van der Waals surface area contributed by atoms with Crippen LogP contribution < -0.4 is 21.1 Å². The van der Waals surface area contributed by atoms with E-state index >= 15 is 0 Å². The van der Waals surface area contributed by atoms with E-state index in [-0.39, 0.29) is 24.1 Å². The Kier molecular flexibility index (Phi) is 7.05. The molecule has 4 rings (SSSR count). The van der Waals surface area contributed by atoms with E-state index in [0.29, 0.717) is 6.54 Å². The van der Waals surface area contributed by atoms with Crippen LogP contribution in [0.3, 0.4) is 0 Å². The molecule has 1 saturated heterocycles. The number of aromatic nitrogens is 2. The molecular formula is C17H23N5O11P2. The Labute approximate surface area is 197 Å². The minimum absolute atomic E-state index is 0.00555. The van der Waals surface area contributed by atoms with Crippen molar-refractivity contribution in [2.24, 2.45) is 0 Å². The highest BCUT2D eigenvalue weighted by molar-refractivity contribution is 7.60. The number of anilines is 3. The summed E-state index contributed by atoms with van der Waals surface area (Å²) in [5.41, 5.74) is 6.20. The van der Waals surface area contributed by atoms with Gasteiger partial charge in [0.15, 0.2) is 12.0 Å². The monoisotopic (exact) mass is 535 g/mol. The van der Waals surface area contributed by atoms with Gasteiger partial charge >= 0.3 is 15.6 Å². The smallest absolute Gasteiger partial charge is 0.387 e. The first-order chi connectivity index (χ1) is 16.3. The number of rotatable bonds is 8. The van der Waals surface area contributed by atoms with Crippen molar-refractivity contribution in [1.82, 2.24) is 9.97 Å². The number of fused-ring (bicyclic) bond motifs is 1. The maximum atomic E-state index is 12.7. The molecule has 1 aromatic heterocycles. The van der Waals surface area contributed by atoms with E-state index in [0.717, 1.165) is 5.56 Å². The maximum Gasteiger partial charge on any atom is 0.481 e. The second-order valence-corrected chi connectivity index (χ2v) is 10.6. The maximum absolute atomic E-state index is 12.7. The summed E-state index contributed by atoms with van der Waals surface area (Å²) < 4.78 is 36.3. The van der Waals surface area contributed by atoms with E-state index in [2.05, 4.69) is 18.8 Å². The van der Waals surface area contributed by atoms with Crippen molar-refractivity contribution in [3.05, 3.63) is 46.2 Å². The number of H-pyrrole nitrogens is 1. The van der Waals surface area contributed by atoms with Gasteiger partial charge in [-0.2, -0.15) is 9.29 Å². The molecule has 5 atom stereocenters. The number of phosphoric ester groups is 1. The summed E-state index contributed by atoms with van der Waals surface area (Å²) in [4.78, 5) is 49.1. The zero-order valence-corrected chi connectivity index (χ0v) is 19.6. The Bertz CT molecular complexity index is 1220. The minimum Gasteiger partial charge on any atom is -0.387 e. The Morgan fingerprint density at radius 2 is 1.86 bits per heavy atom. The van der Waals surface area contributed by atoms with Crippen LogP contribution in [0.25, 0.3) is 0 Å². The van der Waals surface area contributed by atoms with E-state index < -0.39 is 52.4 Å². The summed E-state index contributed by atoms with van der Waals surface area (Å²) in [6, 6.07) is 9.20. The van der Waals surface area contributed by atoms with Crippen molar-refractivity contribution in [2.45, 2.75) is 31.1 Å². The molecular weight excluding hydrogens is 512 g/mol. The van der Waals surface area contributed by atoms with Crippen molar-refractivity contribution < 1.29 is 47.6 Å². The number of nitrogens with two attached hydrogens (primary N) is 1. The topological polar surface area (TPSA) is 241 Å². The van der Waals surface area contributed by atoms with Gasteiger partial charge < -0.3 is 45.2 Å². The van der Waals surface area contributed by atoms with E-state index in [1.54, 1.807) is 4.90 Å². The molecule has 8 N–H and O–H groups in total. The zero-order chi connectivity index (χ0) is 25.5. The average molecular weight is 535 g/mol. The van der Waals surface area contributed by atoms with Crippen LogP contribution in [0.15, 0.2) is 35.1 Å². The zero-order valence-electron chi connectivity index (χ0n) is 17.8. The number of aliphatic hydroxyl groups is 2. The van der Waals surface area contributed by atoms with Gasteiger partial charge in [0.1, 0.15) is 24.0 Å². The third-order valence-electron chi connectivity index (χ3n) is 5.28. The predicted molar refractivity (Wildman–Crippen MR) is 119 cm³/mol. The van der Waals surface area contributed by atoms with Gasteiger partial charge in [0.05, 0.1) is 13.3 Å². The number of ether oxygens (including phenoxy) is 1. The summed E-state index contributed by atoms with van der Waals surface area (Å²) in [6.07, 6.45) is -5.91. The Morgan fingerprint density at radius 1 is 1.17 bits per heavy atom. The van der Waals surface area contributed by atoms with E-state index in [1.165, 1.54) is 4.90 Å². The van der Waals surface area contributed by atoms with Crippen molar-refractivity contribution in [2.75, 3.05) is 28.8 Å². The standard InChI is InChI=1S/C17H23N5O11P2/c18-17-19-14-11(15(25)20-17)21(6-9-4-2-1-3-5-9)8-22(14)16-13(24)12(23)10(32-16)7-31-35(29,30)33-34(26,27)28/h1-5,10,12-13,16,23-24H,6-8H2,(H,29,30)(H2,26,27,28)(H3,18,19,20,25)/t10-,12-,13-,16-/m1/s1. The van der Waals surface area contributed by atoms with E-state index in [1.807, 2.05) is 30.3 Å². The fourth-order valence-corrected chi connectivity index (χ4v) is 5.46. The van der Waals surface area contributed by atoms with Crippen LogP contribution >= 0.6 is 15.6 Å². The fourth-order valence-electron chi connectivity index (χ4n) is 3.86. The molecule has 0 spiro atoms. The van der Waals surface area contributed by atoms with Gasteiger partial charge in [0, 0.05) is 6.54 Å². The summed E-state index contributed by atoms with van der Waals surface area (Å²) in [5, 5.41) is 21.0. The van der Waals surface area contributed by atoms with Gasteiger partial charge in [0.2, 0.25) is 5.95 Å². The SMILES string of the molecule is Nc1nc2c(c(=O)[nH]1)N(Cc1ccccc1)CN2[C@@H]1O[C@H](COP(=O)(O)OP(=O)(O)O)[C@@H](O)[C@H]1O. The number of hydrogen-bond acceptors (Lipinski definition) is 12. The van der Waals surface area contributed by atoms with Crippen LogP contribution in [0, 0.1) is 0 Å². The summed E-state index contributed by atoms with van der Waals surface area (Å²) >= 11 is 0. The van der Waals surface area contributed by atoms with Crippen LogP contribution in [-0.2, 0) is 29.2 Å². The van der Waals surface area contributed by atoms with Crippen LogP contribution in [0.5, 0.6) is 0 Å². The third-order valence-corrected chi connectivity index (χ3v) is 7.43. The second-order valence-electron chi connectivity index (χ2n) is 7.80. The van der Waals surface area contributed by atoms with Crippen LogP contribution in [0.1, 0.15) is 5.56 Å². The summed E-state index contributed by atoms with van der Waals surface area (Å²) in [5.74, 6) is -0.110. The van der Waals surface area contributed by atoms with Crippen molar-refractivity contribution in [3.63, 3.8) is 0 Å². The molecule has 0 amide bonds. The van der Waals surface area contributed by atoms with Gasteiger partial charge in [-0.05, 0) is 5.56 Å². The normalized spacial score (nSPS) is 26.1. The molecule has 0 aliphatic carbocycles. The molecule has 1 unspecified atom stereocenters. The summed E-state index contributed by atoms with van der Waals surface area (Å²) in [6.45, 7) is -0.558. The second kappa shape index (κ2) is 9.59. The lowest BCUT2D eigenvalue weighted by atomic mass is 10.1. The van der Waals surface area contributed by atoms with Gasteiger partial charge in [-0.15, -0.1) is 0 Å². The number of nitrogen functional groups attached to an aromatic ring is 1. The third kappa shape index (κ3) is 5.73. The molecule has 0 radical (unpaired) electrons. The van der Waals surface area contributed by atoms with E-state index in [4.69, 9.17) is 20.3 Å². The Hall–Kier alpha value is -2.36.